The molecule has 522 valence electrons. The predicted molar refractivity (Wildman–Crippen MR) is 357 cm³/mol. The molecule has 23 nitrogen and oxygen atoms in total. The molecule has 3 aliphatic rings. The number of ketones is 2. The minimum atomic E-state index is -1.58. The number of cyclic esters (lactones) is 2. The van der Waals surface area contributed by atoms with E-state index in [4.69, 9.17) is 33.2 Å². The number of esters is 2. The quantitative estimate of drug-likeness (QED) is 0.0950. The summed E-state index contributed by atoms with van der Waals surface area (Å²) in [7, 11) is 7.29. The SMILES string of the molecule is COc1ccc(CC[C@H]2OC(=O)[C@@H]3CCCCN3C(=O)C(=O)C(C)(C)COC(=O)C=CCCN(C)C(=O)[C@@H](Cc3ccccc3)NC(=O)CN(C)C(=O)[C@@H](Cc3ccccc3)CC(=O)[C@H](Cc3ccc(OC(=O)N4CCOCC4)cc3)N(C)C(=O)COc3cccc2c3F)cc1OC. The second-order valence-electron chi connectivity index (χ2n) is 25.3. The van der Waals surface area contributed by atoms with Gasteiger partial charge in [0.2, 0.25) is 23.5 Å². The summed E-state index contributed by atoms with van der Waals surface area (Å²) in [6.07, 6.45) is 1.57. The summed E-state index contributed by atoms with van der Waals surface area (Å²) in [4.78, 5) is 149. The van der Waals surface area contributed by atoms with Crippen molar-refractivity contribution in [2.75, 3.05) is 94.5 Å². The van der Waals surface area contributed by atoms with Gasteiger partial charge < -0.3 is 63.0 Å². The molecule has 1 N–H and O–H groups in total. The molecule has 5 atom stereocenters. The highest BCUT2D eigenvalue weighted by Crippen LogP contribution is 2.35. The van der Waals surface area contributed by atoms with Crippen molar-refractivity contribution in [2.45, 2.75) is 102 Å². The number of carbonyl (C=O) groups excluding carboxylic acids is 10. The number of hydrogen-bond acceptors (Lipinski definition) is 17. The molecule has 0 aromatic heterocycles. The Balaban J connectivity index is 1.13. The zero-order valence-corrected chi connectivity index (χ0v) is 56.6. The van der Waals surface area contributed by atoms with Gasteiger partial charge in [0.1, 0.15) is 30.5 Å². The number of rotatable bonds is 12. The van der Waals surface area contributed by atoms with E-state index in [0.29, 0.717) is 67.3 Å². The lowest BCUT2D eigenvalue weighted by Crippen LogP contribution is -2.53. The number of amides is 6. The highest BCUT2D eigenvalue weighted by molar-refractivity contribution is 6.38. The van der Waals surface area contributed by atoms with Gasteiger partial charge in [0, 0.05) is 77.7 Å². The largest absolute Gasteiger partial charge is 0.493 e. The van der Waals surface area contributed by atoms with Crippen LogP contribution in [0.25, 0.3) is 0 Å². The van der Waals surface area contributed by atoms with Gasteiger partial charge in [0.15, 0.2) is 35.5 Å². The third-order valence-corrected chi connectivity index (χ3v) is 17.6. The van der Waals surface area contributed by atoms with Crippen LogP contribution in [0.5, 0.6) is 23.0 Å². The first-order valence-electron chi connectivity index (χ1n) is 32.8. The summed E-state index contributed by atoms with van der Waals surface area (Å²) in [5.41, 5.74) is 0.923. The lowest BCUT2D eigenvalue weighted by Gasteiger charge is -2.36. The third kappa shape index (κ3) is 20.3. The van der Waals surface area contributed by atoms with Crippen LogP contribution in [-0.4, -0.2) is 196 Å². The molecule has 0 radical (unpaired) electrons. The Labute approximate surface area is 570 Å². The lowest BCUT2D eigenvalue weighted by atomic mass is 9.87. The third-order valence-electron chi connectivity index (χ3n) is 17.6. The number of Topliss-reactive ketones (excluding diaryl/α,β-unsaturated/α-hetero) is 2. The van der Waals surface area contributed by atoms with Gasteiger partial charge in [-0.3, -0.25) is 33.6 Å². The van der Waals surface area contributed by atoms with E-state index < -0.39 is 132 Å². The molecule has 6 amide bonds. The number of nitrogens with one attached hydrogen (secondary N) is 1. The summed E-state index contributed by atoms with van der Waals surface area (Å²) in [6, 6.07) is 29.9. The molecule has 0 unspecified atom stereocenters. The molecule has 0 spiro atoms. The van der Waals surface area contributed by atoms with E-state index in [-0.39, 0.29) is 69.3 Å². The van der Waals surface area contributed by atoms with Gasteiger partial charge in [-0.25, -0.2) is 18.8 Å². The molecule has 5 aromatic carbocycles. The van der Waals surface area contributed by atoms with Crippen molar-refractivity contribution in [1.29, 1.82) is 0 Å². The van der Waals surface area contributed by atoms with Crippen molar-refractivity contribution in [3.8, 4) is 23.0 Å². The van der Waals surface area contributed by atoms with E-state index in [1.54, 1.807) is 97.1 Å². The molecule has 3 aliphatic heterocycles. The zero-order valence-electron chi connectivity index (χ0n) is 56.6. The zero-order chi connectivity index (χ0) is 70.5. The first kappa shape index (κ1) is 73.8. The first-order chi connectivity index (χ1) is 47.0. The van der Waals surface area contributed by atoms with Crippen LogP contribution in [0.4, 0.5) is 9.18 Å². The summed E-state index contributed by atoms with van der Waals surface area (Å²) in [6.45, 7) is 2.51. The van der Waals surface area contributed by atoms with Crippen LogP contribution in [0, 0.1) is 17.2 Å². The van der Waals surface area contributed by atoms with Crippen molar-refractivity contribution in [2.24, 2.45) is 11.3 Å². The van der Waals surface area contributed by atoms with Crippen molar-refractivity contribution in [3.05, 3.63) is 167 Å². The van der Waals surface area contributed by atoms with E-state index >= 15 is 9.18 Å². The highest BCUT2D eigenvalue weighted by atomic mass is 19.1. The second-order valence-corrected chi connectivity index (χ2v) is 25.3. The number of likely N-dealkylation sites (N-methyl/N-ethyl adjacent to an activating group) is 3. The smallest absolute Gasteiger partial charge is 0.415 e. The van der Waals surface area contributed by atoms with Crippen LogP contribution in [0.2, 0.25) is 0 Å². The fraction of sp³-hybridized carbons (Fsp3) is 0.432. The maximum atomic E-state index is 17.4. The molecule has 5 aromatic rings. The van der Waals surface area contributed by atoms with Gasteiger partial charge in [-0.2, -0.15) is 0 Å². The second kappa shape index (κ2) is 35.3. The molecular weight excluding hydrogens is 1260 g/mol. The minimum Gasteiger partial charge on any atom is -0.493 e. The molecule has 8 rings (SSSR count). The summed E-state index contributed by atoms with van der Waals surface area (Å²) in [5.74, 6) is -8.22. The van der Waals surface area contributed by atoms with Gasteiger partial charge in [-0.05, 0) is 118 Å². The average molecular weight is 1350 g/mol. The topological polar surface area (TPSA) is 264 Å². The van der Waals surface area contributed by atoms with Crippen molar-refractivity contribution >= 4 is 59.1 Å². The summed E-state index contributed by atoms with van der Waals surface area (Å²) < 4.78 is 57.1. The van der Waals surface area contributed by atoms with Gasteiger partial charge in [0.05, 0.1) is 45.4 Å². The van der Waals surface area contributed by atoms with Crippen molar-refractivity contribution in [1.82, 2.24) is 29.8 Å². The standard InChI is InChI=1S/C74H87FN6O17/c1-74(2)48-96-66(85)26-15-16-35-77(3)70(88)56(42-50-21-12-9-13-22-50)76-64(83)46-78(4)69(87)53(41-49-19-10-8-11-20-49)45-59(82)58(43-51-27-31-54(32-28-51)97-73(91)80-37-39-94-40-38-80)79(5)65(84)47-95-62-25-18-23-55(67(62)75)60(33-29-52-30-34-61(92-6)63(44-52)93-7)98-72(90)57-24-14-17-36-81(57)71(89)68(74)86/h8-13,15,18-23,25-28,30-32,34,44,53,56-58,60H,14,16-17,24,29,33,35-43,45-48H2,1-7H3,(H,76,83)/t53-,56+,57-,58-,60+/m0/s1. The Bertz CT molecular complexity index is 3660. The fourth-order valence-electron chi connectivity index (χ4n) is 11.9. The van der Waals surface area contributed by atoms with Crippen LogP contribution < -0.4 is 24.3 Å². The Hall–Kier alpha value is -9.97. The number of morpholine rings is 1. The van der Waals surface area contributed by atoms with E-state index in [1.165, 1.54) is 88.2 Å². The maximum absolute atomic E-state index is 17.4. The van der Waals surface area contributed by atoms with Gasteiger partial charge in [0.25, 0.3) is 11.8 Å². The number of nitrogens with zero attached hydrogens (tertiary/aromatic N) is 5. The molecule has 0 aliphatic carbocycles. The Kier molecular flexibility index (Phi) is 26.6. The number of hydrogen-bond donors (Lipinski definition) is 1. The van der Waals surface area contributed by atoms with Crippen LogP contribution in [-0.2, 0) is 83.0 Å². The lowest BCUT2D eigenvalue weighted by molar-refractivity contribution is -0.165. The molecule has 2 bridgehead atoms. The molecule has 24 heteroatoms. The average Bonchev–Trinajstić information content (AvgIpc) is 0.813. The summed E-state index contributed by atoms with van der Waals surface area (Å²) in [5, 5.41) is 2.82. The van der Waals surface area contributed by atoms with Gasteiger partial charge >= 0.3 is 18.0 Å². The normalized spacial score (nSPS) is 21.2. The Morgan fingerprint density at radius 1 is 0.694 bits per heavy atom. The van der Waals surface area contributed by atoms with Crippen LogP contribution in [0.1, 0.15) is 86.3 Å². The number of benzene rings is 5. The Morgan fingerprint density at radius 3 is 2.04 bits per heavy atom. The number of carbonyl (C=O) groups is 10. The van der Waals surface area contributed by atoms with E-state index in [9.17, 15) is 43.2 Å². The fourth-order valence-corrected chi connectivity index (χ4v) is 11.9. The summed E-state index contributed by atoms with van der Waals surface area (Å²) >= 11 is 0. The van der Waals surface area contributed by atoms with E-state index in [0.717, 1.165) is 21.4 Å². The van der Waals surface area contributed by atoms with E-state index in [1.807, 2.05) is 6.07 Å². The van der Waals surface area contributed by atoms with Crippen LogP contribution in [0.3, 0.4) is 0 Å². The van der Waals surface area contributed by atoms with E-state index in [2.05, 4.69) is 5.32 Å². The number of piperidine rings is 1. The minimum absolute atomic E-state index is 0.00503. The predicted octanol–water partition coefficient (Wildman–Crippen LogP) is 7.28. The highest BCUT2D eigenvalue weighted by Gasteiger charge is 2.43. The monoisotopic (exact) mass is 1350 g/mol. The number of methoxy groups -OCH3 is 2. The number of fused-ring (bicyclic) bond motifs is 3. The van der Waals surface area contributed by atoms with Crippen molar-refractivity contribution < 1.29 is 85.5 Å². The first-order valence-corrected chi connectivity index (χ1v) is 32.8. The molecule has 2 saturated heterocycles. The van der Waals surface area contributed by atoms with Gasteiger partial charge in [-0.15, -0.1) is 0 Å². The van der Waals surface area contributed by atoms with Crippen molar-refractivity contribution in [3.63, 3.8) is 0 Å². The maximum Gasteiger partial charge on any atom is 0.415 e. The number of aryl methyl sites for hydroxylation is 1. The molecular formula is C74H87FN6O17. The number of ether oxygens (including phenoxy) is 7. The Morgan fingerprint density at radius 2 is 1.36 bits per heavy atom. The number of halogens is 1. The van der Waals surface area contributed by atoms with Crippen LogP contribution >= 0.6 is 0 Å². The van der Waals surface area contributed by atoms with Gasteiger partial charge in [-0.1, -0.05) is 97.1 Å². The molecule has 0 saturated carbocycles. The molecule has 98 heavy (non-hydrogen) atoms. The molecule has 3 heterocycles. The van der Waals surface area contributed by atoms with Crippen LogP contribution in [0.15, 0.2) is 133 Å². The molecule has 2 fully saturated rings.